The van der Waals surface area contributed by atoms with E-state index < -0.39 is 30.5 Å². The zero-order valence-electron chi connectivity index (χ0n) is 15.6. The van der Waals surface area contributed by atoms with E-state index in [1.54, 1.807) is 6.07 Å². The summed E-state index contributed by atoms with van der Waals surface area (Å²) in [6, 6.07) is 3.93. The number of rotatable bonds is 13. The van der Waals surface area contributed by atoms with E-state index in [0.717, 1.165) is 31.7 Å². The van der Waals surface area contributed by atoms with E-state index in [-0.39, 0.29) is 25.2 Å². The van der Waals surface area contributed by atoms with Gasteiger partial charge in [0, 0.05) is 0 Å². The second kappa shape index (κ2) is 11.3. The minimum atomic E-state index is -4.52. The average Bonchev–Trinajstić information content (AvgIpc) is 2.65. The predicted molar refractivity (Wildman–Crippen MR) is 99.6 cm³/mol. The molecule has 4 N–H and O–H groups in total. The molecule has 0 bridgehead atoms. The van der Waals surface area contributed by atoms with E-state index in [2.05, 4.69) is 6.58 Å². The molecular formula is C20H30F3NO3. The highest BCUT2D eigenvalue weighted by Gasteiger charge is 2.35. The number of hydrogen-bond donors (Lipinski definition) is 3. The minimum absolute atomic E-state index is 0.169. The van der Waals surface area contributed by atoms with Crippen LogP contribution in [0.15, 0.2) is 30.9 Å². The van der Waals surface area contributed by atoms with E-state index in [1.165, 1.54) is 6.07 Å². The zero-order valence-corrected chi connectivity index (χ0v) is 15.6. The molecule has 0 heterocycles. The van der Waals surface area contributed by atoms with E-state index in [4.69, 9.17) is 10.5 Å². The van der Waals surface area contributed by atoms with Crippen LogP contribution in [-0.2, 0) is 12.6 Å². The molecule has 1 aromatic rings. The highest BCUT2D eigenvalue weighted by molar-refractivity contribution is 5.39. The number of nitrogens with two attached hydrogens (primary N) is 1. The molecule has 0 atom stereocenters. The van der Waals surface area contributed by atoms with E-state index in [0.29, 0.717) is 12.0 Å². The van der Waals surface area contributed by atoms with Crippen LogP contribution in [0, 0.1) is 0 Å². The first-order chi connectivity index (χ1) is 12.8. The Kier molecular flexibility index (Phi) is 9.83. The molecule has 0 radical (unpaired) electrons. The maximum absolute atomic E-state index is 13.4. The number of allylic oxidation sites excluding steroid dienone is 1. The highest BCUT2D eigenvalue weighted by atomic mass is 19.4. The van der Waals surface area contributed by atoms with Crippen molar-refractivity contribution in [2.24, 2.45) is 5.73 Å². The lowest BCUT2D eigenvalue weighted by Crippen LogP contribution is -2.47. The molecule has 0 saturated carbocycles. The summed E-state index contributed by atoms with van der Waals surface area (Å²) in [7, 11) is 0. The summed E-state index contributed by atoms with van der Waals surface area (Å²) in [5, 5.41) is 18.4. The fraction of sp³-hybridized carbons (Fsp3) is 0.600. The molecule has 0 amide bonds. The van der Waals surface area contributed by atoms with Crippen LogP contribution in [0.2, 0.25) is 0 Å². The van der Waals surface area contributed by atoms with Crippen molar-refractivity contribution in [2.75, 3.05) is 19.8 Å². The summed E-state index contributed by atoms with van der Waals surface area (Å²) in [6.45, 7) is 3.00. The number of halogens is 3. The maximum Gasteiger partial charge on any atom is 0.419 e. The zero-order chi connectivity index (χ0) is 20.3. The van der Waals surface area contributed by atoms with Crippen molar-refractivity contribution in [2.45, 2.75) is 56.7 Å². The molecule has 0 spiro atoms. The van der Waals surface area contributed by atoms with Gasteiger partial charge in [-0.25, -0.2) is 0 Å². The molecule has 4 nitrogen and oxygen atoms in total. The third-order valence-corrected chi connectivity index (χ3v) is 4.45. The quantitative estimate of drug-likeness (QED) is 0.354. The van der Waals surface area contributed by atoms with Gasteiger partial charge < -0.3 is 20.7 Å². The Labute approximate surface area is 158 Å². The first kappa shape index (κ1) is 23.5. The Hall–Kier alpha value is -1.57. The Bertz CT molecular complexity index is 572. The number of aliphatic hydroxyl groups is 2. The van der Waals surface area contributed by atoms with Crippen LogP contribution in [-0.4, -0.2) is 35.6 Å². The van der Waals surface area contributed by atoms with Crippen molar-refractivity contribution in [1.82, 2.24) is 0 Å². The molecule has 154 valence electrons. The van der Waals surface area contributed by atoms with Gasteiger partial charge in [-0.15, -0.1) is 6.58 Å². The summed E-state index contributed by atoms with van der Waals surface area (Å²) in [5.41, 5.74) is 4.17. The number of alkyl halides is 3. The topological polar surface area (TPSA) is 75.7 Å². The summed E-state index contributed by atoms with van der Waals surface area (Å²) >= 11 is 0. The third kappa shape index (κ3) is 8.32. The number of ether oxygens (including phenoxy) is 1. The molecule has 1 aromatic carbocycles. The van der Waals surface area contributed by atoms with Gasteiger partial charge in [0.05, 0.1) is 30.9 Å². The molecule has 7 heteroatoms. The fourth-order valence-corrected chi connectivity index (χ4v) is 2.61. The lowest BCUT2D eigenvalue weighted by atomic mass is 9.93. The Balaban J connectivity index is 2.69. The van der Waals surface area contributed by atoms with Crippen LogP contribution in [0.3, 0.4) is 0 Å². The van der Waals surface area contributed by atoms with E-state index in [1.807, 2.05) is 6.08 Å². The highest BCUT2D eigenvalue weighted by Crippen LogP contribution is 2.37. The van der Waals surface area contributed by atoms with Crippen LogP contribution in [0.25, 0.3) is 0 Å². The van der Waals surface area contributed by atoms with Crippen LogP contribution in [0.4, 0.5) is 13.2 Å². The van der Waals surface area contributed by atoms with Gasteiger partial charge in [0.2, 0.25) is 0 Å². The van der Waals surface area contributed by atoms with Gasteiger partial charge in [-0.1, -0.05) is 25.0 Å². The van der Waals surface area contributed by atoms with Crippen LogP contribution < -0.4 is 10.5 Å². The smallest absolute Gasteiger partial charge is 0.419 e. The van der Waals surface area contributed by atoms with Crippen LogP contribution >= 0.6 is 0 Å². The summed E-state index contributed by atoms with van der Waals surface area (Å²) in [6.07, 6.45) is 2.26. The van der Waals surface area contributed by atoms with Gasteiger partial charge in [0.15, 0.2) is 0 Å². The molecular weight excluding hydrogens is 359 g/mol. The lowest BCUT2D eigenvalue weighted by molar-refractivity contribution is -0.139. The van der Waals surface area contributed by atoms with Gasteiger partial charge in [0.1, 0.15) is 5.75 Å². The molecule has 0 saturated heterocycles. The van der Waals surface area contributed by atoms with Crippen molar-refractivity contribution in [3.8, 4) is 5.75 Å². The minimum Gasteiger partial charge on any atom is -0.493 e. The van der Waals surface area contributed by atoms with E-state index in [9.17, 15) is 23.4 Å². The Morgan fingerprint density at radius 2 is 1.74 bits per heavy atom. The number of hydrogen-bond acceptors (Lipinski definition) is 4. The lowest BCUT2D eigenvalue weighted by Gasteiger charge is -2.24. The number of benzene rings is 1. The molecule has 0 aliphatic rings. The van der Waals surface area contributed by atoms with Crippen molar-refractivity contribution in [1.29, 1.82) is 0 Å². The number of aliphatic hydroxyl groups excluding tert-OH is 2. The van der Waals surface area contributed by atoms with E-state index >= 15 is 0 Å². The monoisotopic (exact) mass is 389 g/mol. The normalized spacial score (nSPS) is 12.2. The first-order valence-corrected chi connectivity index (χ1v) is 9.20. The summed E-state index contributed by atoms with van der Waals surface area (Å²) in [5.74, 6) is -0.180. The largest absolute Gasteiger partial charge is 0.493 e. The predicted octanol–water partition coefficient (Wildman–Crippen LogP) is 3.84. The fourth-order valence-electron chi connectivity index (χ4n) is 2.61. The van der Waals surface area contributed by atoms with Crippen molar-refractivity contribution < 1.29 is 28.1 Å². The van der Waals surface area contributed by atoms with Gasteiger partial charge >= 0.3 is 6.18 Å². The molecule has 0 aliphatic carbocycles. The number of aryl methyl sites for hydroxylation is 1. The molecule has 27 heavy (non-hydrogen) atoms. The summed E-state index contributed by atoms with van der Waals surface area (Å²) < 4.78 is 45.4. The van der Waals surface area contributed by atoms with Gasteiger partial charge in [0.25, 0.3) is 0 Å². The molecule has 1 rings (SSSR count). The van der Waals surface area contributed by atoms with Gasteiger partial charge in [-0.2, -0.15) is 13.2 Å². The maximum atomic E-state index is 13.4. The molecule has 0 unspecified atom stereocenters. The Morgan fingerprint density at radius 3 is 2.33 bits per heavy atom. The number of unbranched alkanes of at least 4 members (excludes halogenated alkanes) is 4. The van der Waals surface area contributed by atoms with Gasteiger partial charge in [-0.3, -0.25) is 0 Å². The molecule has 0 fully saturated rings. The van der Waals surface area contributed by atoms with Crippen LogP contribution in [0.5, 0.6) is 5.75 Å². The Morgan fingerprint density at radius 1 is 1.07 bits per heavy atom. The van der Waals surface area contributed by atoms with Crippen molar-refractivity contribution >= 4 is 0 Å². The van der Waals surface area contributed by atoms with Crippen LogP contribution in [0.1, 0.15) is 49.7 Å². The first-order valence-electron chi connectivity index (χ1n) is 9.20. The second-order valence-corrected chi connectivity index (χ2v) is 6.85. The molecule has 0 aromatic heterocycles. The third-order valence-electron chi connectivity index (χ3n) is 4.45. The SMILES string of the molecule is C=CCCCCCCOc1ccc(CCC(N)(CO)CO)cc1C(F)(F)F. The second-order valence-electron chi connectivity index (χ2n) is 6.85. The van der Waals surface area contributed by atoms with Gasteiger partial charge in [-0.05, 0) is 49.8 Å². The van der Waals surface area contributed by atoms with Crippen molar-refractivity contribution in [3.63, 3.8) is 0 Å². The van der Waals surface area contributed by atoms with Crippen molar-refractivity contribution in [3.05, 3.63) is 42.0 Å². The molecule has 0 aliphatic heterocycles. The average molecular weight is 389 g/mol. The summed E-state index contributed by atoms with van der Waals surface area (Å²) in [4.78, 5) is 0. The standard InChI is InChI=1S/C20H30F3NO3/c1-2-3-4-5-6-7-12-27-18-9-8-16(13-17(18)20(21,22)23)10-11-19(24,14-25)15-26/h2,8-9,13,25-26H,1,3-7,10-12,14-15,24H2.